The topological polar surface area (TPSA) is 75.0 Å². The maximum atomic E-state index is 15.1. The van der Waals surface area contributed by atoms with Crippen LogP contribution in [0.4, 0.5) is 22.0 Å². The van der Waals surface area contributed by atoms with Crippen molar-refractivity contribution in [2.75, 3.05) is 26.2 Å². The minimum Gasteiger partial charge on any atom is -0.481 e. The molecule has 5 rings (SSSR count). The fraction of sp³-hybridized carbons (Fsp3) is 0.429. The first-order valence-electron chi connectivity index (χ1n) is 13.0. The number of hydrogen-bond acceptors (Lipinski definition) is 4. The Morgan fingerprint density at radius 3 is 2.45 bits per heavy atom. The fourth-order valence-corrected chi connectivity index (χ4v) is 5.76. The van der Waals surface area contributed by atoms with E-state index < -0.39 is 29.7 Å². The number of halogens is 5. The zero-order valence-corrected chi connectivity index (χ0v) is 21.5. The molecule has 2 aliphatic heterocycles. The van der Waals surface area contributed by atoms with Crippen molar-refractivity contribution in [3.05, 3.63) is 64.9 Å². The van der Waals surface area contributed by atoms with Crippen LogP contribution in [0.2, 0.25) is 0 Å². The van der Waals surface area contributed by atoms with E-state index in [2.05, 4.69) is 4.74 Å². The summed E-state index contributed by atoms with van der Waals surface area (Å²) in [5, 5.41) is 9.69. The van der Waals surface area contributed by atoms with Gasteiger partial charge in [-0.25, -0.2) is 8.78 Å². The predicted octanol–water partition coefficient (Wildman–Crippen LogP) is 4.94. The highest BCUT2D eigenvalue weighted by Crippen LogP contribution is 2.34. The average Bonchev–Trinajstić information content (AvgIpc) is 3.20. The number of ether oxygens (including phenoxy) is 1. The van der Waals surface area contributed by atoms with Crippen molar-refractivity contribution in [3.63, 3.8) is 0 Å². The number of carboxylic acids is 1. The molecule has 2 aliphatic rings. The van der Waals surface area contributed by atoms with Crippen molar-refractivity contribution in [3.8, 4) is 5.75 Å². The lowest BCUT2D eigenvalue weighted by Gasteiger charge is -2.34. The Balaban J connectivity index is 1.36. The quantitative estimate of drug-likeness (QED) is 0.411. The standard InChI is InChI=1S/C28H28F5N3O4/c29-21-3-1-2-20-19-8-11-35(25(37)16-34-9-6-17(7-10-34)13-26(38)39)15-23(19)36(27(20)21)14-18-4-5-24(22(30)12-18)40-28(31,32)33/h1-5,12,17H,6-11,13-16H2,(H,38,39). The molecule has 1 N–H and O–H groups in total. The van der Waals surface area contributed by atoms with E-state index >= 15 is 4.39 Å². The number of hydrogen-bond donors (Lipinski definition) is 1. The molecule has 0 unspecified atom stereocenters. The Morgan fingerprint density at radius 1 is 1.02 bits per heavy atom. The third kappa shape index (κ3) is 6.06. The van der Waals surface area contributed by atoms with E-state index in [1.807, 2.05) is 4.90 Å². The molecule has 0 atom stereocenters. The van der Waals surface area contributed by atoms with E-state index in [0.717, 1.165) is 17.7 Å². The number of rotatable bonds is 7. The molecule has 0 spiro atoms. The van der Waals surface area contributed by atoms with Crippen LogP contribution in [0.1, 0.15) is 36.1 Å². The van der Waals surface area contributed by atoms with E-state index in [1.54, 1.807) is 21.6 Å². The molecule has 0 bridgehead atoms. The number of amides is 1. The van der Waals surface area contributed by atoms with Crippen molar-refractivity contribution < 1.29 is 41.4 Å². The number of aliphatic carboxylic acids is 1. The number of aromatic nitrogens is 1. The normalized spacial score (nSPS) is 16.8. The van der Waals surface area contributed by atoms with Crippen molar-refractivity contribution in [2.45, 2.75) is 45.1 Å². The summed E-state index contributed by atoms with van der Waals surface area (Å²) in [6.07, 6.45) is -3.01. The molecule has 3 heterocycles. The van der Waals surface area contributed by atoms with Crippen LogP contribution in [0.5, 0.6) is 5.75 Å². The van der Waals surface area contributed by atoms with Crippen LogP contribution in [-0.2, 0) is 29.1 Å². The van der Waals surface area contributed by atoms with Crippen molar-refractivity contribution >= 4 is 22.8 Å². The predicted molar refractivity (Wildman–Crippen MR) is 135 cm³/mol. The summed E-state index contributed by atoms with van der Waals surface area (Å²) in [6.45, 7) is 2.08. The molecule has 12 heteroatoms. The second kappa shape index (κ2) is 11.1. The van der Waals surface area contributed by atoms with Gasteiger partial charge in [-0.1, -0.05) is 18.2 Å². The first-order chi connectivity index (χ1) is 19.0. The summed E-state index contributed by atoms with van der Waals surface area (Å²) in [7, 11) is 0. The lowest BCUT2D eigenvalue weighted by Crippen LogP contribution is -2.45. The fourth-order valence-electron chi connectivity index (χ4n) is 5.76. The lowest BCUT2D eigenvalue weighted by molar-refractivity contribution is -0.275. The van der Waals surface area contributed by atoms with Crippen LogP contribution >= 0.6 is 0 Å². The van der Waals surface area contributed by atoms with Crippen molar-refractivity contribution in [1.29, 1.82) is 0 Å². The maximum absolute atomic E-state index is 15.1. The van der Waals surface area contributed by atoms with Gasteiger partial charge in [0.05, 0.1) is 18.6 Å². The maximum Gasteiger partial charge on any atom is 0.573 e. The van der Waals surface area contributed by atoms with Gasteiger partial charge in [0.25, 0.3) is 0 Å². The van der Waals surface area contributed by atoms with Gasteiger partial charge in [-0.2, -0.15) is 0 Å². The van der Waals surface area contributed by atoms with Crippen LogP contribution in [0.15, 0.2) is 36.4 Å². The largest absolute Gasteiger partial charge is 0.573 e. The number of carbonyl (C=O) groups is 2. The molecule has 214 valence electrons. The summed E-state index contributed by atoms with van der Waals surface area (Å²) in [5.41, 5.74) is 2.17. The number of benzene rings is 2. The Morgan fingerprint density at radius 2 is 1.77 bits per heavy atom. The van der Waals surface area contributed by atoms with Gasteiger partial charge in [0.2, 0.25) is 5.91 Å². The summed E-state index contributed by atoms with van der Waals surface area (Å²) in [4.78, 5) is 27.9. The van der Waals surface area contributed by atoms with Crippen molar-refractivity contribution in [2.24, 2.45) is 5.92 Å². The summed E-state index contributed by atoms with van der Waals surface area (Å²) in [6, 6.07) is 7.80. The molecule has 7 nitrogen and oxygen atoms in total. The number of nitrogens with zero attached hydrogens (tertiary/aromatic N) is 3. The molecule has 1 aromatic heterocycles. The van der Waals surface area contributed by atoms with Gasteiger partial charge in [-0.05, 0) is 67.6 Å². The van der Waals surface area contributed by atoms with E-state index in [0.29, 0.717) is 61.1 Å². The average molecular weight is 566 g/mol. The van der Waals surface area contributed by atoms with Gasteiger partial charge in [0, 0.05) is 30.6 Å². The number of para-hydroxylation sites is 1. The molecule has 3 aromatic rings. The third-order valence-corrected chi connectivity index (χ3v) is 7.67. The van der Waals surface area contributed by atoms with E-state index in [-0.39, 0.29) is 37.9 Å². The molecule has 0 aliphatic carbocycles. The van der Waals surface area contributed by atoms with Gasteiger partial charge >= 0.3 is 12.3 Å². The molecular formula is C28H28F5N3O4. The number of piperidine rings is 1. The van der Waals surface area contributed by atoms with E-state index in [1.165, 1.54) is 12.1 Å². The Bertz CT molecular complexity index is 1430. The van der Waals surface area contributed by atoms with Gasteiger partial charge < -0.3 is 19.3 Å². The first kappa shape index (κ1) is 27.9. The highest BCUT2D eigenvalue weighted by molar-refractivity contribution is 5.87. The summed E-state index contributed by atoms with van der Waals surface area (Å²) in [5.74, 6) is -3.45. The molecule has 1 fully saturated rings. The van der Waals surface area contributed by atoms with Gasteiger partial charge in [0.1, 0.15) is 5.82 Å². The SMILES string of the molecule is O=C(O)CC1CCN(CC(=O)N2CCc3c(n(Cc4ccc(OC(F)(F)F)c(F)c4)c4c(F)cccc34)C2)CC1. The van der Waals surface area contributed by atoms with Gasteiger partial charge in [-0.3, -0.25) is 14.5 Å². The monoisotopic (exact) mass is 565 g/mol. The van der Waals surface area contributed by atoms with Crippen LogP contribution in [0.25, 0.3) is 10.9 Å². The second-order valence-corrected chi connectivity index (χ2v) is 10.3. The number of carbonyl (C=O) groups excluding carboxylic acids is 1. The minimum atomic E-state index is -5.04. The number of fused-ring (bicyclic) bond motifs is 3. The summed E-state index contributed by atoms with van der Waals surface area (Å²) < 4.78 is 72.5. The van der Waals surface area contributed by atoms with E-state index in [9.17, 15) is 27.2 Å². The Kier molecular flexibility index (Phi) is 7.72. The highest BCUT2D eigenvalue weighted by Gasteiger charge is 2.33. The van der Waals surface area contributed by atoms with Crippen molar-refractivity contribution in [1.82, 2.24) is 14.4 Å². The highest BCUT2D eigenvalue weighted by atomic mass is 19.4. The Hall–Kier alpha value is -3.67. The van der Waals surface area contributed by atoms with Crippen LogP contribution < -0.4 is 4.74 Å². The van der Waals surface area contributed by atoms with Gasteiger partial charge in [-0.15, -0.1) is 13.2 Å². The third-order valence-electron chi connectivity index (χ3n) is 7.67. The van der Waals surface area contributed by atoms with Gasteiger partial charge in [0.15, 0.2) is 11.6 Å². The van der Waals surface area contributed by atoms with Crippen LogP contribution in [0.3, 0.4) is 0 Å². The lowest BCUT2D eigenvalue weighted by atomic mass is 9.93. The number of alkyl halides is 3. The molecule has 0 saturated carbocycles. The molecule has 40 heavy (non-hydrogen) atoms. The molecule has 2 aromatic carbocycles. The first-order valence-corrected chi connectivity index (χ1v) is 13.0. The minimum absolute atomic E-state index is 0.0187. The zero-order valence-electron chi connectivity index (χ0n) is 21.5. The smallest absolute Gasteiger partial charge is 0.481 e. The summed E-state index contributed by atoms with van der Waals surface area (Å²) >= 11 is 0. The number of carboxylic acid groups (broad SMARTS) is 1. The molecule has 1 saturated heterocycles. The van der Waals surface area contributed by atoms with Crippen LogP contribution in [0, 0.1) is 17.6 Å². The van der Waals surface area contributed by atoms with E-state index in [4.69, 9.17) is 5.11 Å². The zero-order chi connectivity index (χ0) is 28.6. The molecular weight excluding hydrogens is 537 g/mol. The molecule has 0 radical (unpaired) electrons. The van der Waals surface area contributed by atoms with Crippen LogP contribution in [-0.4, -0.2) is 63.9 Å². The molecule has 1 amide bonds. The second-order valence-electron chi connectivity index (χ2n) is 10.3. The Labute approximate surface area is 226 Å². The number of likely N-dealkylation sites (tertiary alicyclic amines) is 1.